The van der Waals surface area contributed by atoms with Crippen LogP contribution < -0.4 is 10.6 Å². The first-order valence-corrected chi connectivity index (χ1v) is 10.6. The minimum atomic E-state index is -0.649. The molecule has 0 atom stereocenters. The van der Waals surface area contributed by atoms with E-state index in [1.54, 1.807) is 0 Å². The molecular formula is C17H20N4O4S2. The topological polar surface area (TPSA) is 110 Å². The number of thiophene rings is 1. The highest BCUT2D eigenvalue weighted by Gasteiger charge is 2.17. The van der Waals surface area contributed by atoms with E-state index in [9.17, 15) is 14.4 Å². The summed E-state index contributed by atoms with van der Waals surface area (Å²) >= 11 is 2.72. The lowest BCUT2D eigenvalue weighted by molar-refractivity contribution is -0.145. The van der Waals surface area contributed by atoms with Gasteiger partial charge in [-0.1, -0.05) is 31.0 Å². The highest BCUT2D eigenvalue weighted by Crippen LogP contribution is 2.27. The van der Waals surface area contributed by atoms with E-state index in [-0.39, 0.29) is 11.8 Å². The number of thioether (sulfide) groups is 1. The molecule has 0 aromatic carbocycles. The second kappa shape index (κ2) is 9.65. The Hall–Kier alpha value is -2.20. The van der Waals surface area contributed by atoms with E-state index < -0.39 is 24.5 Å². The van der Waals surface area contributed by atoms with E-state index in [0.717, 1.165) is 35.9 Å². The average Bonchev–Trinajstić information content (AvgIpc) is 3.14. The Labute approximate surface area is 164 Å². The molecule has 1 aliphatic carbocycles. The van der Waals surface area contributed by atoms with Gasteiger partial charge in [0.15, 0.2) is 6.61 Å². The summed E-state index contributed by atoms with van der Waals surface area (Å²) in [7, 11) is 0. The Morgan fingerprint density at radius 3 is 2.85 bits per heavy atom. The van der Waals surface area contributed by atoms with Crippen LogP contribution in [0.15, 0.2) is 22.8 Å². The van der Waals surface area contributed by atoms with E-state index in [2.05, 4.69) is 20.6 Å². The molecule has 0 radical (unpaired) electrons. The fraction of sp³-hybridized carbons (Fsp3) is 0.471. The summed E-state index contributed by atoms with van der Waals surface area (Å²) in [6, 6.07) is 1.46. The number of esters is 1. The summed E-state index contributed by atoms with van der Waals surface area (Å²) in [4.78, 5) is 44.5. The Bertz CT molecular complexity index is 820. The molecule has 10 heteroatoms. The fourth-order valence-electron chi connectivity index (χ4n) is 2.83. The molecule has 0 spiro atoms. The number of aromatic nitrogens is 2. The van der Waals surface area contributed by atoms with Crippen LogP contribution in [0.25, 0.3) is 10.2 Å². The van der Waals surface area contributed by atoms with Crippen molar-refractivity contribution in [1.82, 2.24) is 20.6 Å². The van der Waals surface area contributed by atoms with E-state index in [1.807, 2.05) is 11.4 Å². The van der Waals surface area contributed by atoms with Crippen LogP contribution in [0.5, 0.6) is 0 Å². The number of urea groups is 1. The van der Waals surface area contributed by atoms with Crippen molar-refractivity contribution >= 4 is 51.2 Å². The van der Waals surface area contributed by atoms with Gasteiger partial charge in [-0.2, -0.15) is 0 Å². The standard InChI is InChI=1S/C17H20N4O4S2/c22-13(21-17(24)20-11-4-2-1-3-5-11)8-25-14(23)9-27-16-12-6-7-26-15(12)18-10-19-16/h6-7,10-11H,1-5,8-9H2,(H2,20,21,22,24). The second-order valence-corrected chi connectivity index (χ2v) is 7.98. The number of hydrogen-bond acceptors (Lipinski definition) is 8. The van der Waals surface area contributed by atoms with E-state index in [4.69, 9.17) is 4.74 Å². The third-order valence-electron chi connectivity index (χ3n) is 4.11. The van der Waals surface area contributed by atoms with Crippen LogP contribution in [0.4, 0.5) is 4.79 Å². The van der Waals surface area contributed by atoms with Crippen LogP contribution in [-0.2, 0) is 14.3 Å². The Morgan fingerprint density at radius 2 is 2.04 bits per heavy atom. The first kappa shape index (κ1) is 19.6. The number of carbonyl (C=O) groups excluding carboxylic acids is 3. The Morgan fingerprint density at radius 1 is 1.22 bits per heavy atom. The number of nitrogens with zero attached hydrogens (tertiary/aromatic N) is 2. The maximum absolute atomic E-state index is 11.8. The van der Waals surface area contributed by atoms with Crippen molar-refractivity contribution < 1.29 is 19.1 Å². The highest BCUT2D eigenvalue weighted by atomic mass is 32.2. The first-order valence-electron chi connectivity index (χ1n) is 8.69. The third-order valence-corrected chi connectivity index (χ3v) is 5.91. The SMILES string of the molecule is O=C(COC(=O)CSc1ncnc2sccc12)NC(=O)NC1CCCCC1. The summed E-state index contributed by atoms with van der Waals surface area (Å²) in [5, 5.41) is 8.44. The van der Waals surface area contributed by atoms with Gasteiger partial charge in [0.05, 0.1) is 5.75 Å². The largest absolute Gasteiger partial charge is 0.455 e. The maximum Gasteiger partial charge on any atom is 0.321 e. The molecule has 0 aliphatic heterocycles. The van der Waals surface area contributed by atoms with Gasteiger partial charge in [0.2, 0.25) is 0 Å². The van der Waals surface area contributed by atoms with Crippen molar-refractivity contribution in [3.63, 3.8) is 0 Å². The number of fused-ring (bicyclic) bond motifs is 1. The minimum Gasteiger partial charge on any atom is -0.455 e. The molecule has 3 amide bonds. The van der Waals surface area contributed by atoms with Crippen molar-refractivity contribution in [2.75, 3.05) is 12.4 Å². The Balaban J connectivity index is 1.36. The summed E-state index contributed by atoms with van der Waals surface area (Å²) in [6.07, 6.45) is 6.64. The molecule has 0 unspecified atom stereocenters. The van der Waals surface area contributed by atoms with Crippen molar-refractivity contribution in [2.24, 2.45) is 0 Å². The predicted molar refractivity (Wildman–Crippen MR) is 103 cm³/mol. The molecule has 2 aromatic heterocycles. The zero-order valence-corrected chi connectivity index (χ0v) is 16.2. The van der Waals surface area contributed by atoms with Gasteiger partial charge in [-0.25, -0.2) is 14.8 Å². The smallest absolute Gasteiger partial charge is 0.321 e. The molecule has 2 heterocycles. The quantitative estimate of drug-likeness (QED) is 0.429. The molecule has 2 N–H and O–H groups in total. The summed E-state index contributed by atoms with van der Waals surface area (Å²) in [5.41, 5.74) is 0. The summed E-state index contributed by atoms with van der Waals surface area (Å²) in [5.74, 6) is -1.18. The molecule has 3 rings (SSSR count). The highest BCUT2D eigenvalue weighted by molar-refractivity contribution is 8.00. The third kappa shape index (κ3) is 5.90. The van der Waals surface area contributed by atoms with Gasteiger partial charge in [0, 0.05) is 11.4 Å². The van der Waals surface area contributed by atoms with Gasteiger partial charge in [-0.3, -0.25) is 14.9 Å². The molecular weight excluding hydrogens is 388 g/mol. The van der Waals surface area contributed by atoms with Crippen molar-refractivity contribution in [3.8, 4) is 0 Å². The molecule has 8 nitrogen and oxygen atoms in total. The zero-order valence-electron chi connectivity index (χ0n) is 14.6. The molecule has 1 aliphatic rings. The second-order valence-electron chi connectivity index (χ2n) is 6.12. The van der Waals surface area contributed by atoms with Crippen molar-refractivity contribution in [1.29, 1.82) is 0 Å². The van der Waals surface area contributed by atoms with Gasteiger partial charge in [-0.05, 0) is 24.3 Å². The molecule has 2 aromatic rings. The van der Waals surface area contributed by atoms with E-state index >= 15 is 0 Å². The first-order chi connectivity index (χ1) is 13.1. The number of carbonyl (C=O) groups is 3. The summed E-state index contributed by atoms with van der Waals surface area (Å²) in [6.45, 7) is -0.491. The molecule has 0 saturated heterocycles. The normalized spacial score (nSPS) is 14.7. The van der Waals surface area contributed by atoms with Gasteiger partial charge >= 0.3 is 12.0 Å². The average molecular weight is 409 g/mol. The number of imide groups is 1. The molecule has 0 bridgehead atoms. The number of ether oxygens (including phenoxy) is 1. The molecule has 1 saturated carbocycles. The van der Waals surface area contributed by atoms with Crippen LogP contribution in [-0.4, -0.2) is 46.3 Å². The van der Waals surface area contributed by atoms with Gasteiger partial charge in [0.25, 0.3) is 5.91 Å². The lowest BCUT2D eigenvalue weighted by atomic mass is 9.96. The zero-order chi connectivity index (χ0) is 19.1. The van der Waals surface area contributed by atoms with E-state index in [1.165, 1.54) is 35.8 Å². The van der Waals surface area contributed by atoms with Gasteiger partial charge < -0.3 is 10.1 Å². The minimum absolute atomic E-state index is 0.0174. The summed E-state index contributed by atoms with van der Waals surface area (Å²) < 4.78 is 4.92. The molecule has 1 fully saturated rings. The fourth-order valence-corrected chi connectivity index (χ4v) is 4.41. The van der Waals surface area contributed by atoms with E-state index in [0.29, 0.717) is 5.03 Å². The number of nitrogens with one attached hydrogen (secondary N) is 2. The van der Waals surface area contributed by atoms with Crippen LogP contribution in [0.3, 0.4) is 0 Å². The van der Waals surface area contributed by atoms with Crippen LogP contribution >= 0.6 is 23.1 Å². The number of hydrogen-bond donors (Lipinski definition) is 2. The molecule has 27 heavy (non-hydrogen) atoms. The maximum atomic E-state index is 11.8. The Kier molecular flexibility index (Phi) is 6.99. The number of rotatable bonds is 6. The van der Waals surface area contributed by atoms with Gasteiger partial charge in [-0.15, -0.1) is 11.3 Å². The molecule has 144 valence electrons. The van der Waals surface area contributed by atoms with Crippen LogP contribution in [0.2, 0.25) is 0 Å². The lowest BCUT2D eigenvalue weighted by Gasteiger charge is -2.22. The number of amides is 3. The lowest BCUT2D eigenvalue weighted by Crippen LogP contribution is -2.46. The van der Waals surface area contributed by atoms with Crippen molar-refractivity contribution in [3.05, 3.63) is 17.8 Å². The van der Waals surface area contributed by atoms with Crippen LogP contribution in [0, 0.1) is 0 Å². The monoisotopic (exact) mass is 408 g/mol. The predicted octanol–water partition coefficient (Wildman–Crippen LogP) is 2.49. The van der Waals surface area contributed by atoms with Gasteiger partial charge in [0.1, 0.15) is 16.2 Å². The van der Waals surface area contributed by atoms with Crippen LogP contribution in [0.1, 0.15) is 32.1 Å². The van der Waals surface area contributed by atoms with Crippen molar-refractivity contribution in [2.45, 2.75) is 43.2 Å².